The Hall–Kier alpha value is -2.24. The predicted molar refractivity (Wildman–Crippen MR) is 76.2 cm³/mol. The molecule has 2 N–H and O–H groups in total. The summed E-state index contributed by atoms with van der Waals surface area (Å²) in [6, 6.07) is 4.96. The van der Waals surface area contributed by atoms with Crippen LogP contribution in [0.15, 0.2) is 18.2 Å². The molecule has 0 bridgehead atoms. The molecule has 0 aliphatic heterocycles. The molecule has 2 amide bonds. The first-order chi connectivity index (χ1) is 9.35. The lowest BCUT2D eigenvalue weighted by molar-refractivity contribution is -0.141. The maximum Gasteiger partial charge on any atom is 0.321 e. The molecule has 110 valence electrons. The molecule has 0 aliphatic carbocycles. The quantitative estimate of drug-likeness (QED) is 0.866. The van der Waals surface area contributed by atoms with Crippen LogP contribution in [0.2, 0.25) is 0 Å². The van der Waals surface area contributed by atoms with Gasteiger partial charge in [-0.15, -0.1) is 0 Å². The number of aliphatic carboxylic acids is 1. The fourth-order valence-corrected chi connectivity index (χ4v) is 1.75. The number of urea groups is 1. The standard InChI is InChI=1S/C14H20N2O4/c1-9-7-11(5-6-12(9)20-4)15-14(19)16(3)8-10(2)13(17)18/h5-7,10H,8H2,1-4H3,(H,15,19)(H,17,18). The van der Waals surface area contributed by atoms with E-state index in [9.17, 15) is 9.59 Å². The summed E-state index contributed by atoms with van der Waals surface area (Å²) in [6.45, 7) is 3.59. The Bertz CT molecular complexity index is 502. The Balaban J connectivity index is 2.66. The SMILES string of the molecule is COc1ccc(NC(=O)N(C)CC(C)C(=O)O)cc1C. The highest BCUT2D eigenvalue weighted by atomic mass is 16.5. The average molecular weight is 280 g/mol. The highest BCUT2D eigenvalue weighted by Crippen LogP contribution is 2.21. The van der Waals surface area contributed by atoms with E-state index in [0.29, 0.717) is 5.69 Å². The first kappa shape index (κ1) is 15.8. The molecule has 1 atom stereocenters. The van der Waals surface area contributed by atoms with Crippen LogP contribution in [0.1, 0.15) is 12.5 Å². The number of carboxylic acid groups (broad SMARTS) is 1. The van der Waals surface area contributed by atoms with E-state index < -0.39 is 11.9 Å². The van der Waals surface area contributed by atoms with Crippen LogP contribution in [0, 0.1) is 12.8 Å². The molecule has 6 nitrogen and oxygen atoms in total. The van der Waals surface area contributed by atoms with Crippen molar-refractivity contribution in [3.05, 3.63) is 23.8 Å². The Kier molecular flexibility index (Phi) is 5.37. The van der Waals surface area contributed by atoms with E-state index in [1.165, 1.54) is 4.90 Å². The fraction of sp³-hybridized carbons (Fsp3) is 0.429. The number of benzene rings is 1. The summed E-state index contributed by atoms with van der Waals surface area (Å²) >= 11 is 0. The molecule has 0 heterocycles. The number of amides is 2. The van der Waals surface area contributed by atoms with Gasteiger partial charge in [-0.05, 0) is 30.7 Å². The molecule has 0 saturated carbocycles. The zero-order chi connectivity index (χ0) is 15.3. The van der Waals surface area contributed by atoms with Crippen LogP contribution in [0.5, 0.6) is 5.75 Å². The molecule has 6 heteroatoms. The van der Waals surface area contributed by atoms with Gasteiger partial charge in [-0.2, -0.15) is 0 Å². The van der Waals surface area contributed by atoms with Crippen LogP contribution in [-0.2, 0) is 4.79 Å². The largest absolute Gasteiger partial charge is 0.496 e. The minimum atomic E-state index is -0.926. The Morgan fingerprint density at radius 2 is 2.10 bits per heavy atom. The van der Waals surface area contributed by atoms with Crippen molar-refractivity contribution < 1.29 is 19.4 Å². The zero-order valence-corrected chi connectivity index (χ0v) is 12.1. The van der Waals surface area contributed by atoms with Gasteiger partial charge in [0, 0.05) is 19.3 Å². The summed E-state index contributed by atoms with van der Waals surface area (Å²) in [6.07, 6.45) is 0. The van der Waals surface area contributed by atoms with Crippen molar-refractivity contribution in [3.63, 3.8) is 0 Å². The monoisotopic (exact) mass is 280 g/mol. The molecule has 0 aromatic heterocycles. The summed E-state index contributed by atoms with van der Waals surface area (Å²) in [5.74, 6) is -0.788. The number of hydrogen-bond acceptors (Lipinski definition) is 3. The number of aryl methyl sites for hydroxylation is 1. The Morgan fingerprint density at radius 1 is 1.45 bits per heavy atom. The van der Waals surface area contributed by atoms with Gasteiger partial charge in [0.1, 0.15) is 5.75 Å². The van der Waals surface area contributed by atoms with Crippen molar-refractivity contribution in [2.24, 2.45) is 5.92 Å². The normalized spacial score (nSPS) is 11.6. The minimum Gasteiger partial charge on any atom is -0.496 e. The van der Waals surface area contributed by atoms with Crippen LogP contribution in [0.4, 0.5) is 10.5 Å². The molecule has 1 rings (SSSR count). The molecule has 20 heavy (non-hydrogen) atoms. The van der Waals surface area contributed by atoms with E-state index in [0.717, 1.165) is 11.3 Å². The van der Waals surface area contributed by atoms with Gasteiger partial charge in [-0.3, -0.25) is 4.79 Å². The maximum atomic E-state index is 11.9. The first-order valence-corrected chi connectivity index (χ1v) is 6.24. The molecule has 0 spiro atoms. The highest BCUT2D eigenvalue weighted by Gasteiger charge is 2.17. The third-order valence-corrected chi connectivity index (χ3v) is 2.96. The summed E-state index contributed by atoms with van der Waals surface area (Å²) in [4.78, 5) is 24.0. The number of anilines is 1. The molecular weight excluding hydrogens is 260 g/mol. The van der Waals surface area contributed by atoms with E-state index in [2.05, 4.69) is 5.32 Å². The van der Waals surface area contributed by atoms with Crippen molar-refractivity contribution in [1.29, 1.82) is 0 Å². The van der Waals surface area contributed by atoms with E-state index in [4.69, 9.17) is 9.84 Å². The second-order valence-corrected chi connectivity index (χ2v) is 4.73. The van der Waals surface area contributed by atoms with E-state index in [1.54, 1.807) is 39.3 Å². The van der Waals surface area contributed by atoms with Gasteiger partial charge in [0.15, 0.2) is 0 Å². The second kappa shape index (κ2) is 6.79. The molecule has 0 aliphatic rings. The molecule has 0 saturated heterocycles. The topological polar surface area (TPSA) is 78.9 Å². The number of methoxy groups -OCH3 is 1. The zero-order valence-electron chi connectivity index (χ0n) is 12.1. The molecule has 1 aromatic rings. The predicted octanol–water partition coefficient (Wildman–Crippen LogP) is 2.19. The van der Waals surface area contributed by atoms with Crippen molar-refractivity contribution in [2.75, 3.05) is 26.0 Å². The van der Waals surface area contributed by atoms with Crippen LogP contribution < -0.4 is 10.1 Å². The van der Waals surface area contributed by atoms with Gasteiger partial charge in [-0.1, -0.05) is 6.92 Å². The number of carbonyl (C=O) groups is 2. The third-order valence-electron chi connectivity index (χ3n) is 2.96. The van der Waals surface area contributed by atoms with Gasteiger partial charge >= 0.3 is 12.0 Å². The number of ether oxygens (including phenoxy) is 1. The number of carbonyl (C=O) groups excluding carboxylic acids is 1. The van der Waals surface area contributed by atoms with Crippen LogP contribution >= 0.6 is 0 Å². The molecule has 0 radical (unpaired) electrons. The van der Waals surface area contributed by atoms with Crippen LogP contribution in [0.25, 0.3) is 0 Å². The molecular formula is C14H20N2O4. The lowest BCUT2D eigenvalue weighted by Gasteiger charge is -2.20. The number of hydrogen-bond donors (Lipinski definition) is 2. The lowest BCUT2D eigenvalue weighted by Crippen LogP contribution is -2.36. The minimum absolute atomic E-state index is 0.149. The number of rotatable bonds is 5. The van der Waals surface area contributed by atoms with E-state index in [1.807, 2.05) is 6.92 Å². The molecule has 1 unspecified atom stereocenters. The number of nitrogens with zero attached hydrogens (tertiary/aromatic N) is 1. The van der Waals surface area contributed by atoms with Gasteiger partial charge in [-0.25, -0.2) is 4.79 Å². The Morgan fingerprint density at radius 3 is 2.60 bits per heavy atom. The smallest absolute Gasteiger partial charge is 0.321 e. The third kappa shape index (κ3) is 4.15. The van der Waals surface area contributed by atoms with Gasteiger partial charge in [0.05, 0.1) is 13.0 Å². The van der Waals surface area contributed by atoms with Crippen molar-refractivity contribution >= 4 is 17.7 Å². The Labute approximate surface area is 118 Å². The fourth-order valence-electron chi connectivity index (χ4n) is 1.75. The van der Waals surface area contributed by atoms with Gasteiger partial charge in [0.2, 0.25) is 0 Å². The van der Waals surface area contributed by atoms with Gasteiger partial charge < -0.3 is 20.1 Å². The van der Waals surface area contributed by atoms with Gasteiger partial charge in [0.25, 0.3) is 0 Å². The van der Waals surface area contributed by atoms with E-state index >= 15 is 0 Å². The molecule has 0 fully saturated rings. The highest BCUT2D eigenvalue weighted by molar-refractivity contribution is 5.89. The summed E-state index contributed by atoms with van der Waals surface area (Å²) in [5.41, 5.74) is 1.55. The van der Waals surface area contributed by atoms with Crippen LogP contribution in [-0.4, -0.2) is 42.7 Å². The summed E-state index contributed by atoms with van der Waals surface area (Å²) < 4.78 is 5.14. The summed E-state index contributed by atoms with van der Waals surface area (Å²) in [7, 11) is 3.15. The van der Waals surface area contributed by atoms with Crippen LogP contribution in [0.3, 0.4) is 0 Å². The second-order valence-electron chi connectivity index (χ2n) is 4.73. The van der Waals surface area contributed by atoms with Crippen molar-refractivity contribution in [2.45, 2.75) is 13.8 Å². The van der Waals surface area contributed by atoms with Crippen molar-refractivity contribution in [1.82, 2.24) is 4.90 Å². The molecule has 1 aromatic carbocycles. The van der Waals surface area contributed by atoms with Crippen molar-refractivity contribution in [3.8, 4) is 5.75 Å². The average Bonchev–Trinajstić information content (AvgIpc) is 2.38. The van der Waals surface area contributed by atoms with E-state index in [-0.39, 0.29) is 12.6 Å². The first-order valence-electron chi connectivity index (χ1n) is 6.24. The number of carboxylic acids is 1. The summed E-state index contributed by atoms with van der Waals surface area (Å²) in [5, 5.41) is 11.5. The maximum absolute atomic E-state index is 11.9. The number of nitrogens with one attached hydrogen (secondary N) is 1. The lowest BCUT2D eigenvalue weighted by atomic mass is 10.2.